The number of hydrogen-bond donors (Lipinski definition) is 4. The molecule has 0 unspecified atom stereocenters. The number of likely N-dealkylation sites (N-methyl/N-ethyl adjacent to an activating group) is 1. The lowest BCUT2D eigenvalue weighted by Crippen LogP contribution is -2.71. The maximum absolute atomic E-state index is 15.0. The van der Waals surface area contributed by atoms with Crippen molar-refractivity contribution in [2.24, 2.45) is 5.41 Å². The molecule has 0 aromatic heterocycles. The van der Waals surface area contributed by atoms with Gasteiger partial charge in [0.15, 0.2) is 11.8 Å². The number of carbonyl (C=O) groups excluding carboxylic acids is 5. The minimum Gasteiger partial charge on any atom is -0.460 e. The van der Waals surface area contributed by atoms with Gasteiger partial charge >= 0.3 is 11.9 Å². The fraction of sp³-hybridized carbons (Fsp3) is 0.558. The van der Waals surface area contributed by atoms with E-state index < -0.39 is 95.8 Å². The van der Waals surface area contributed by atoms with Gasteiger partial charge in [-0.05, 0) is 62.4 Å². The number of ether oxygens (including phenoxy) is 4. The SMILES string of the molecule is C[C@H](O)[C@@H](NC(=O)[C@@]12C[C@H]3OC(=O)[C@@H]1N(Cc1ccc(C=CC(=O)N(C)C)cc1)O[C@@H]2[C@H]1OC2(Cc4ccccc4C2)O[C@H]13)C(=O)N[C@H](CO)CCC(=O)OC(C)(C)C. The van der Waals surface area contributed by atoms with E-state index in [9.17, 15) is 34.2 Å². The van der Waals surface area contributed by atoms with E-state index >= 15 is 0 Å². The summed E-state index contributed by atoms with van der Waals surface area (Å²) in [4.78, 5) is 75.5. The highest BCUT2D eigenvalue weighted by Gasteiger charge is 2.76. The Morgan fingerprint density at radius 1 is 1.02 bits per heavy atom. The first-order valence-electron chi connectivity index (χ1n) is 20.1. The van der Waals surface area contributed by atoms with Crippen LogP contribution >= 0.6 is 0 Å². The molecule has 2 bridgehead atoms. The largest absolute Gasteiger partial charge is 0.460 e. The average Bonchev–Trinajstić information content (AvgIpc) is 3.85. The fourth-order valence-electron chi connectivity index (χ4n) is 8.86. The van der Waals surface area contributed by atoms with Crippen LogP contribution in [-0.2, 0) is 67.1 Å². The van der Waals surface area contributed by atoms with Crippen LogP contribution in [0.15, 0.2) is 54.6 Å². The molecule has 0 radical (unpaired) electrons. The van der Waals surface area contributed by atoms with Gasteiger partial charge in [-0.15, -0.1) is 0 Å². The fourth-order valence-corrected chi connectivity index (χ4v) is 8.86. The molecule has 2 aromatic rings. The summed E-state index contributed by atoms with van der Waals surface area (Å²) in [7, 11) is 3.32. The molecule has 3 heterocycles. The first-order valence-corrected chi connectivity index (χ1v) is 20.1. The normalized spacial score (nSPS) is 28.0. The van der Waals surface area contributed by atoms with Crippen LogP contribution in [0.5, 0.6) is 0 Å². The molecule has 9 atom stereocenters. The number of hydroxylamine groups is 2. The van der Waals surface area contributed by atoms with Gasteiger partial charge < -0.3 is 44.7 Å². The van der Waals surface area contributed by atoms with Gasteiger partial charge in [0.25, 0.3) is 0 Å². The van der Waals surface area contributed by atoms with Gasteiger partial charge in [-0.1, -0.05) is 48.5 Å². The van der Waals surface area contributed by atoms with Crippen molar-refractivity contribution in [3.8, 4) is 0 Å². The van der Waals surface area contributed by atoms with Gasteiger partial charge in [-0.2, -0.15) is 5.06 Å². The van der Waals surface area contributed by atoms with Crippen molar-refractivity contribution in [1.82, 2.24) is 20.6 Å². The Hall–Kier alpha value is -4.71. The van der Waals surface area contributed by atoms with Crippen molar-refractivity contribution in [2.75, 3.05) is 20.7 Å². The van der Waals surface area contributed by atoms with E-state index in [4.69, 9.17) is 23.8 Å². The first kappa shape index (κ1) is 42.4. The number of nitrogens with one attached hydrogen (secondary N) is 2. The third-order valence-electron chi connectivity index (χ3n) is 11.6. The number of fused-ring (bicyclic) bond motifs is 5. The number of carbonyl (C=O) groups is 5. The molecule has 3 aliphatic heterocycles. The van der Waals surface area contributed by atoms with E-state index in [0.717, 1.165) is 22.3 Å². The highest BCUT2D eigenvalue weighted by Crippen LogP contribution is 2.58. The number of benzene rings is 2. The summed E-state index contributed by atoms with van der Waals surface area (Å²) in [6.07, 6.45) is -1.01. The maximum Gasteiger partial charge on any atom is 0.327 e. The van der Waals surface area contributed by atoms with E-state index in [2.05, 4.69) is 10.6 Å². The van der Waals surface area contributed by atoms with Crippen LogP contribution in [-0.4, -0.2) is 131 Å². The number of amides is 3. The van der Waals surface area contributed by atoms with Crippen molar-refractivity contribution in [3.05, 3.63) is 76.9 Å². The smallest absolute Gasteiger partial charge is 0.327 e. The second kappa shape index (κ2) is 16.4. The van der Waals surface area contributed by atoms with E-state index in [0.29, 0.717) is 12.8 Å². The molecule has 4 N–H and O–H groups in total. The molecule has 59 heavy (non-hydrogen) atoms. The Bertz CT molecular complexity index is 1950. The van der Waals surface area contributed by atoms with E-state index in [-0.39, 0.29) is 31.7 Å². The molecule has 3 saturated heterocycles. The number of aliphatic hydroxyl groups excluding tert-OH is 2. The predicted octanol–water partition coefficient (Wildman–Crippen LogP) is 1.33. The van der Waals surface area contributed by atoms with Crippen LogP contribution in [0.2, 0.25) is 0 Å². The van der Waals surface area contributed by atoms with Gasteiger partial charge in [-0.3, -0.25) is 28.8 Å². The lowest BCUT2D eigenvalue weighted by molar-refractivity contribution is -0.217. The standard InChI is InChI=1S/C43H54N4O12/c1-24(49)33(38(52)44-29(23-48)16-18-32(51)56-41(2,3)4)45-40(54)43-21-30-34-35(58-42(57-34)19-27-9-7-8-10-28(27)20-42)37(43)59-47(36(43)39(53)55-30)22-26-13-11-25(12-14-26)15-17-31(50)46(5)6/h7-15,17,24,29-30,33-37,48-49H,16,18-23H2,1-6H3,(H,44,52)(H,45,54)/t24-,29-,30+,33+,34-,35-,36-,37+,43-/m0/s1. The van der Waals surface area contributed by atoms with Gasteiger partial charge in [0, 0.05) is 45.9 Å². The Balaban J connectivity index is 1.16. The van der Waals surface area contributed by atoms with Gasteiger partial charge in [0.05, 0.1) is 25.3 Å². The van der Waals surface area contributed by atoms with Crippen LogP contribution in [0.25, 0.3) is 6.08 Å². The molecule has 1 saturated carbocycles. The highest BCUT2D eigenvalue weighted by molar-refractivity contribution is 5.96. The molecular formula is C43H54N4O12. The Morgan fingerprint density at radius 2 is 1.68 bits per heavy atom. The second-order valence-electron chi connectivity index (χ2n) is 17.4. The maximum atomic E-state index is 15.0. The van der Waals surface area contributed by atoms with Crippen molar-refractivity contribution < 1.29 is 58.0 Å². The summed E-state index contributed by atoms with van der Waals surface area (Å²) in [6, 6.07) is 11.5. The summed E-state index contributed by atoms with van der Waals surface area (Å²) in [6.45, 7) is 6.07. The number of nitrogens with zero attached hydrogens (tertiary/aromatic N) is 2. The van der Waals surface area contributed by atoms with E-state index in [1.807, 2.05) is 48.5 Å². The lowest BCUT2D eigenvalue weighted by Gasteiger charge is -2.49. The molecule has 2 aromatic carbocycles. The molecule has 16 heteroatoms. The topological polar surface area (TPSA) is 202 Å². The summed E-state index contributed by atoms with van der Waals surface area (Å²) >= 11 is 0. The van der Waals surface area contributed by atoms with Gasteiger partial charge in [-0.25, -0.2) is 0 Å². The number of esters is 2. The number of hydrogen-bond acceptors (Lipinski definition) is 13. The minimum absolute atomic E-state index is 0.0170. The monoisotopic (exact) mass is 818 g/mol. The summed E-state index contributed by atoms with van der Waals surface area (Å²) in [5, 5.41) is 27.8. The first-order chi connectivity index (χ1) is 27.9. The van der Waals surface area contributed by atoms with Crippen molar-refractivity contribution in [1.29, 1.82) is 0 Å². The van der Waals surface area contributed by atoms with Crippen molar-refractivity contribution >= 4 is 35.7 Å². The molecule has 7 rings (SSSR count). The zero-order valence-corrected chi connectivity index (χ0v) is 34.2. The van der Waals surface area contributed by atoms with Crippen LogP contribution < -0.4 is 10.6 Å². The summed E-state index contributed by atoms with van der Waals surface area (Å²) in [5.74, 6) is -3.99. The molecular weight excluding hydrogens is 764 g/mol. The second-order valence-corrected chi connectivity index (χ2v) is 17.4. The number of rotatable bonds is 13. The van der Waals surface area contributed by atoms with Crippen LogP contribution in [0.3, 0.4) is 0 Å². The molecule has 5 aliphatic rings. The molecule has 2 aliphatic carbocycles. The Kier molecular flexibility index (Phi) is 11.8. The zero-order valence-electron chi connectivity index (χ0n) is 34.2. The predicted molar refractivity (Wildman–Crippen MR) is 209 cm³/mol. The van der Waals surface area contributed by atoms with Crippen molar-refractivity contribution in [2.45, 2.75) is 126 Å². The summed E-state index contributed by atoms with van der Waals surface area (Å²) in [5.41, 5.74) is 1.26. The van der Waals surface area contributed by atoms with Gasteiger partial charge in [0.1, 0.15) is 41.5 Å². The Labute approximate surface area is 343 Å². The zero-order chi connectivity index (χ0) is 42.4. The molecule has 16 nitrogen and oxygen atoms in total. The quantitative estimate of drug-likeness (QED) is 0.167. The lowest BCUT2D eigenvalue weighted by atomic mass is 9.62. The minimum atomic E-state index is -1.66. The molecule has 318 valence electrons. The molecule has 1 spiro atoms. The van der Waals surface area contributed by atoms with Crippen LogP contribution in [0, 0.1) is 5.41 Å². The van der Waals surface area contributed by atoms with Crippen molar-refractivity contribution in [3.63, 3.8) is 0 Å². The van der Waals surface area contributed by atoms with E-state index in [1.54, 1.807) is 40.9 Å². The van der Waals surface area contributed by atoms with E-state index in [1.165, 1.54) is 23.0 Å². The third kappa shape index (κ3) is 8.52. The Morgan fingerprint density at radius 3 is 2.29 bits per heavy atom. The van der Waals surface area contributed by atoms with Crippen LogP contribution in [0.4, 0.5) is 0 Å². The summed E-state index contributed by atoms with van der Waals surface area (Å²) < 4.78 is 24.9. The highest BCUT2D eigenvalue weighted by atomic mass is 16.8. The molecule has 3 amide bonds. The third-order valence-corrected chi connectivity index (χ3v) is 11.6. The molecule has 4 fully saturated rings. The van der Waals surface area contributed by atoms with Gasteiger partial charge in [0.2, 0.25) is 17.7 Å². The average molecular weight is 819 g/mol. The van der Waals surface area contributed by atoms with Crippen LogP contribution in [0.1, 0.15) is 69.2 Å². The number of aliphatic hydroxyl groups is 2.